The van der Waals surface area contributed by atoms with Crippen LogP contribution in [0.1, 0.15) is 12.5 Å². The minimum Gasteiger partial charge on any atom is -0.142 e. The molecule has 0 saturated heterocycles. The summed E-state index contributed by atoms with van der Waals surface area (Å²) in [7, 11) is 0. The highest BCUT2D eigenvalue weighted by atomic mass is 127. The Bertz CT molecular complexity index is 460. The minimum absolute atomic E-state index is 1.13. The van der Waals surface area contributed by atoms with Crippen LogP contribution < -0.4 is 0 Å². The monoisotopic (exact) mass is 334 g/mol. The molecule has 0 radical (unpaired) electrons. The highest BCUT2D eigenvalue weighted by Crippen LogP contribution is 2.36. The molecule has 14 heavy (non-hydrogen) atoms. The fourth-order valence-electron chi connectivity index (χ4n) is 1.60. The summed E-state index contributed by atoms with van der Waals surface area (Å²) in [5, 5.41) is 3.70. The standard InChI is InChI=1S/C11H11IS2/c1-3-7-9(12)5-4-8-10(13-2)6-14-11(7)8/h4-6H,3H2,1-2H3. The Morgan fingerprint density at radius 3 is 2.86 bits per heavy atom. The van der Waals surface area contributed by atoms with Gasteiger partial charge in [0.25, 0.3) is 0 Å². The molecule has 0 aliphatic heterocycles. The third kappa shape index (κ3) is 1.70. The summed E-state index contributed by atoms with van der Waals surface area (Å²) >= 11 is 6.15. The van der Waals surface area contributed by atoms with Crippen LogP contribution in [0.4, 0.5) is 0 Å². The zero-order chi connectivity index (χ0) is 10.1. The second kappa shape index (κ2) is 4.41. The molecule has 1 aromatic heterocycles. The van der Waals surface area contributed by atoms with Gasteiger partial charge in [0.2, 0.25) is 0 Å². The Kier molecular flexibility index (Phi) is 3.39. The molecule has 0 atom stereocenters. The van der Waals surface area contributed by atoms with E-state index in [2.05, 4.69) is 53.3 Å². The lowest BCUT2D eigenvalue weighted by molar-refractivity contribution is 1.15. The van der Waals surface area contributed by atoms with Crippen molar-refractivity contribution in [2.75, 3.05) is 6.26 Å². The van der Waals surface area contributed by atoms with Crippen LogP contribution in [-0.4, -0.2) is 6.26 Å². The van der Waals surface area contributed by atoms with Gasteiger partial charge in [-0.15, -0.1) is 23.1 Å². The van der Waals surface area contributed by atoms with Gasteiger partial charge in [0, 0.05) is 23.9 Å². The van der Waals surface area contributed by atoms with Crippen LogP contribution >= 0.6 is 45.7 Å². The van der Waals surface area contributed by atoms with Gasteiger partial charge in [0.15, 0.2) is 0 Å². The van der Waals surface area contributed by atoms with Crippen molar-refractivity contribution >= 4 is 55.8 Å². The van der Waals surface area contributed by atoms with Crippen molar-refractivity contribution in [2.45, 2.75) is 18.2 Å². The van der Waals surface area contributed by atoms with Crippen molar-refractivity contribution in [3.63, 3.8) is 0 Å². The first-order valence-electron chi connectivity index (χ1n) is 4.50. The van der Waals surface area contributed by atoms with Crippen molar-refractivity contribution in [3.8, 4) is 0 Å². The molecule has 0 fully saturated rings. The van der Waals surface area contributed by atoms with Gasteiger partial charge in [-0.3, -0.25) is 0 Å². The van der Waals surface area contributed by atoms with E-state index in [1.165, 1.54) is 24.1 Å². The topological polar surface area (TPSA) is 0 Å². The van der Waals surface area contributed by atoms with Gasteiger partial charge in [0.1, 0.15) is 0 Å². The van der Waals surface area contributed by atoms with Crippen molar-refractivity contribution in [1.82, 2.24) is 0 Å². The number of fused-ring (bicyclic) bond motifs is 1. The molecule has 0 unspecified atom stereocenters. The number of aryl methyl sites for hydroxylation is 1. The summed E-state index contributed by atoms with van der Waals surface area (Å²) in [4.78, 5) is 1.41. The number of thiophene rings is 1. The van der Waals surface area contributed by atoms with E-state index in [0.717, 1.165) is 6.42 Å². The molecule has 2 rings (SSSR count). The molecule has 0 N–H and O–H groups in total. The van der Waals surface area contributed by atoms with Crippen LogP contribution in [0.5, 0.6) is 0 Å². The third-order valence-electron chi connectivity index (χ3n) is 2.33. The van der Waals surface area contributed by atoms with E-state index in [4.69, 9.17) is 0 Å². The summed E-state index contributed by atoms with van der Waals surface area (Å²) in [5.74, 6) is 0. The predicted molar refractivity (Wildman–Crippen MR) is 75.7 cm³/mol. The molecule has 0 nitrogen and oxygen atoms in total. The van der Waals surface area contributed by atoms with Crippen LogP contribution in [-0.2, 0) is 6.42 Å². The maximum atomic E-state index is 2.43. The van der Waals surface area contributed by atoms with E-state index in [-0.39, 0.29) is 0 Å². The van der Waals surface area contributed by atoms with E-state index >= 15 is 0 Å². The molecule has 74 valence electrons. The van der Waals surface area contributed by atoms with Gasteiger partial charge in [-0.05, 0) is 46.9 Å². The minimum atomic E-state index is 1.13. The van der Waals surface area contributed by atoms with Crippen molar-refractivity contribution in [2.24, 2.45) is 0 Å². The fraction of sp³-hybridized carbons (Fsp3) is 0.273. The van der Waals surface area contributed by atoms with Crippen molar-refractivity contribution in [1.29, 1.82) is 0 Å². The lowest BCUT2D eigenvalue weighted by Gasteiger charge is -2.03. The smallest absolute Gasteiger partial charge is 0.0396 e. The molecule has 0 saturated carbocycles. The van der Waals surface area contributed by atoms with Crippen LogP contribution in [0.2, 0.25) is 0 Å². The van der Waals surface area contributed by atoms with Gasteiger partial charge in [-0.1, -0.05) is 13.0 Å². The normalized spacial score (nSPS) is 11.1. The predicted octanol–water partition coefficient (Wildman–Crippen LogP) is 4.79. The summed E-state index contributed by atoms with van der Waals surface area (Å²) in [5.41, 5.74) is 1.51. The quantitative estimate of drug-likeness (QED) is 0.562. The Hall–Kier alpha value is 0.260. The van der Waals surface area contributed by atoms with Gasteiger partial charge in [0.05, 0.1) is 0 Å². The molecule has 2 aromatic rings. The number of thioether (sulfide) groups is 1. The van der Waals surface area contributed by atoms with Gasteiger partial charge < -0.3 is 0 Å². The number of hydrogen-bond acceptors (Lipinski definition) is 2. The lowest BCUT2D eigenvalue weighted by Crippen LogP contribution is -1.85. The van der Waals surface area contributed by atoms with Crippen LogP contribution in [0, 0.1) is 3.57 Å². The summed E-state index contributed by atoms with van der Waals surface area (Å²) < 4.78 is 2.87. The number of halogens is 1. The van der Waals surface area contributed by atoms with Crippen LogP contribution in [0.3, 0.4) is 0 Å². The first-order chi connectivity index (χ1) is 6.77. The summed E-state index contributed by atoms with van der Waals surface area (Å²) in [6, 6.07) is 4.48. The largest absolute Gasteiger partial charge is 0.142 e. The first kappa shape index (κ1) is 10.8. The zero-order valence-corrected chi connectivity index (χ0v) is 11.9. The SMILES string of the molecule is CCc1c(I)ccc2c(SC)csc12. The lowest BCUT2D eigenvalue weighted by atomic mass is 10.1. The van der Waals surface area contributed by atoms with E-state index in [1.807, 2.05) is 23.1 Å². The Labute approximate surface area is 106 Å². The highest BCUT2D eigenvalue weighted by Gasteiger charge is 2.08. The highest BCUT2D eigenvalue weighted by molar-refractivity contribution is 14.1. The Morgan fingerprint density at radius 1 is 1.43 bits per heavy atom. The molecule has 0 aliphatic rings. The maximum Gasteiger partial charge on any atom is 0.0396 e. The molecule has 1 aromatic carbocycles. The molecule has 1 heterocycles. The first-order valence-corrected chi connectivity index (χ1v) is 7.68. The van der Waals surface area contributed by atoms with Gasteiger partial charge in [-0.25, -0.2) is 0 Å². The average molecular weight is 334 g/mol. The Balaban J connectivity index is 2.76. The number of rotatable bonds is 2. The van der Waals surface area contributed by atoms with Crippen molar-refractivity contribution < 1.29 is 0 Å². The number of hydrogen-bond donors (Lipinski definition) is 0. The molecule has 0 bridgehead atoms. The zero-order valence-electron chi connectivity index (χ0n) is 8.13. The molecule has 3 heteroatoms. The second-order valence-corrected chi connectivity index (χ2v) is 5.95. The molecule has 0 amide bonds. The van der Waals surface area contributed by atoms with E-state index in [9.17, 15) is 0 Å². The van der Waals surface area contributed by atoms with E-state index in [1.54, 1.807) is 0 Å². The molecular formula is C11H11IS2. The fourth-order valence-corrected chi connectivity index (χ4v) is 4.65. The maximum absolute atomic E-state index is 2.43. The summed E-state index contributed by atoms with van der Waals surface area (Å²) in [6.45, 7) is 2.23. The van der Waals surface area contributed by atoms with Crippen molar-refractivity contribution in [3.05, 3.63) is 26.6 Å². The van der Waals surface area contributed by atoms with Gasteiger partial charge >= 0.3 is 0 Å². The second-order valence-electron chi connectivity index (χ2n) is 3.06. The number of benzene rings is 1. The third-order valence-corrected chi connectivity index (χ3v) is 5.32. The van der Waals surface area contributed by atoms with Gasteiger partial charge in [-0.2, -0.15) is 0 Å². The Morgan fingerprint density at radius 2 is 2.21 bits per heavy atom. The summed E-state index contributed by atoms with van der Waals surface area (Å²) in [6.07, 6.45) is 3.27. The van der Waals surface area contributed by atoms with Crippen LogP contribution in [0.15, 0.2) is 22.4 Å². The molecule has 0 aliphatic carbocycles. The average Bonchev–Trinajstić information content (AvgIpc) is 2.60. The molecule has 0 spiro atoms. The van der Waals surface area contributed by atoms with E-state index < -0.39 is 0 Å². The molecular weight excluding hydrogens is 323 g/mol. The van der Waals surface area contributed by atoms with Crippen LogP contribution in [0.25, 0.3) is 10.1 Å². The van der Waals surface area contributed by atoms with E-state index in [0.29, 0.717) is 0 Å².